The molecule has 0 radical (unpaired) electrons. The van der Waals surface area contributed by atoms with Crippen LogP contribution in [0.3, 0.4) is 0 Å². The van der Waals surface area contributed by atoms with E-state index in [0.717, 1.165) is 32.4 Å². The highest BCUT2D eigenvalue weighted by Gasteiger charge is 1.93. The van der Waals surface area contributed by atoms with Crippen LogP contribution in [0.15, 0.2) is 17.2 Å². The van der Waals surface area contributed by atoms with E-state index < -0.39 is 0 Å². The molecule has 0 unspecified atom stereocenters. The second-order valence-corrected chi connectivity index (χ2v) is 3.28. The van der Waals surface area contributed by atoms with Gasteiger partial charge in [0.1, 0.15) is 5.82 Å². The second kappa shape index (κ2) is 7.00. The Labute approximate surface area is 88.9 Å². The number of methoxy groups -OCH3 is 1. The number of nitrogens with zero attached hydrogens (tertiary/aromatic N) is 1. The van der Waals surface area contributed by atoms with Gasteiger partial charge in [-0.1, -0.05) is 0 Å². The largest absolute Gasteiger partial charge is 0.385 e. The van der Waals surface area contributed by atoms with Crippen LogP contribution in [0.4, 0.5) is 5.82 Å². The predicted molar refractivity (Wildman–Crippen MR) is 59.1 cm³/mol. The Morgan fingerprint density at radius 2 is 2.33 bits per heavy atom. The van der Waals surface area contributed by atoms with Crippen molar-refractivity contribution in [3.05, 3.63) is 22.7 Å². The molecule has 0 aliphatic rings. The number of aromatic nitrogens is 2. The van der Waals surface area contributed by atoms with E-state index in [1.807, 2.05) is 0 Å². The molecule has 15 heavy (non-hydrogen) atoms. The third-order valence-corrected chi connectivity index (χ3v) is 2.01. The highest BCUT2D eigenvalue weighted by atomic mass is 16.5. The molecule has 0 atom stereocenters. The Morgan fingerprint density at radius 1 is 1.47 bits per heavy atom. The molecule has 0 aliphatic carbocycles. The van der Waals surface area contributed by atoms with Crippen molar-refractivity contribution < 1.29 is 4.74 Å². The first-order chi connectivity index (χ1) is 7.33. The Kier molecular flexibility index (Phi) is 5.47. The first-order valence-electron chi connectivity index (χ1n) is 5.10. The van der Waals surface area contributed by atoms with Crippen molar-refractivity contribution in [2.75, 3.05) is 25.6 Å². The molecule has 0 aliphatic heterocycles. The summed E-state index contributed by atoms with van der Waals surface area (Å²) in [6.45, 7) is 1.64. The average molecular weight is 211 g/mol. The number of hydrogen-bond donors (Lipinski definition) is 2. The van der Waals surface area contributed by atoms with Crippen LogP contribution < -0.4 is 10.9 Å². The van der Waals surface area contributed by atoms with E-state index in [2.05, 4.69) is 15.3 Å². The molecule has 5 heteroatoms. The van der Waals surface area contributed by atoms with Crippen LogP contribution in [0.2, 0.25) is 0 Å². The van der Waals surface area contributed by atoms with E-state index in [4.69, 9.17) is 4.74 Å². The number of hydrogen-bond acceptors (Lipinski definition) is 4. The van der Waals surface area contributed by atoms with Gasteiger partial charge < -0.3 is 15.0 Å². The third-order valence-electron chi connectivity index (χ3n) is 2.01. The predicted octanol–water partition coefficient (Wildman–Crippen LogP) is 0.998. The molecular formula is C10H17N3O2. The standard InChI is InChI=1S/C10H17N3O2/c1-15-6-4-2-3-5-11-9-7-10(14)13-8-12-9/h7-8H,2-6H2,1H3,(H2,11,12,13,14). The van der Waals surface area contributed by atoms with Gasteiger partial charge in [0.15, 0.2) is 0 Å². The summed E-state index contributed by atoms with van der Waals surface area (Å²) in [5, 5.41) is 3.09. The minimum absolute atomic E-state index is 0.133. The molecule has 0 bridgehead atoms. The average Bonchev–Trinajstić information content (AvgIpc) is 2.23. The monoisotopic (exact) mass is 211 g/mol. The van der Waals surface area contributed by atoms with Gasteiger partial charge in [0, 0.05) is 26.3 Å². The quantitative estimate of drug-likeness (QED) is 0.660. The van der Waals surface area contributed by atoms with E-state index in [9.17, 15) is 4.79 Å². The molecule has 1 rings (SSSR count). The van der Waals surface area contributed by atoms with Crippen molar-refractivity contribution in [2.24, 2.45) is 0 Å². The number of unbranched alkanes of at least 4 members (excludes halogenated alkanes) is 2. The van der Waals surface area contributed by atoms with E-state index in [-0.39, 0.29) is 5.56 Å². The summed E-state index contributed by atoms with van der Waals surface area (Å²) in [6, 6.07) is 1.45. The molecule has 0 saturated heterocycles. The van der Waals surface area contributed by atoms with E-state index in [1.54, 1.807) is 7.11 Å². The van der Waals surface area contributed by atoms with E-state index >= 15 is 0 Å². The van der Waals surface area contributed by atoms with Crippen molar-refractivity contribution in [1.29, 1.82) is 0 Å². The summed E-state index contributed by atoms with van der Waals surface area (Å²) in [7, 11) is 1.71. The fourth-order valence-corrected chi connectivity index (χ4v) is 1.23. The molecule has 5 nitrogen and oxygen atoms in total. The molecule has 0 fully saturated rings. The zero-order valence-electron chi connectivity index (χ0n) is 8.95. The van der Waals surface area contributed by atoms with Gasteiger partial charge in [-0.3, -0.25) is 4.79 Å². The molecule has 0 saturated carbocycles. The normalized spacial score (nSPS) is 10.2. The van der Waals surface area contributed by atoms with Crippen LogP contribution in [0.1, 0.15) is 19.3 Å². The smallest absolute Gasteiger partial charge is 0.252 e. The van der Waals surface area contributed by atoms with Crippen LogP contribution in [-0.4, -0.2) is 30.2 Å². The van der Waals surface area contributed by atoms with Crippen LogP contribution >= 0.6 is 0 Å². The number of H-pyrrole nitrogens is 1. The summed E-state index contributed by atoms with van der Waals surface area (Å²) < 4.78 is 4.94. The second-order valence-electron chi connectivity index (χ2n) is 3.28. The van der Waals surface area contributed by atoms with Crippen molar-refractivity contribution in [2.45, 2.75) is 19.3 Å². The van der Waals surface area contributed by atoms with E-state index in [0.29, 0.717) is 5.82 Å². The fourth-order valence-electron chi connectivity index (χ4n) is 1.23. The van der Waals surface area contributed by atoms with Gasteiger partial charge >= 0.3 is 0 Å². The molecule has 84 valence electrons. The van der Waals surface area contributed by atoms with Gasteiger partial charge in [0.2, 0.25) is 0 Å². The topological polar surface area (TPSA) is 67.0 Å². The van der Waals surface area contributed by atoms with Crippen LogP contribution in [0, 0.1) is 0 Å². The van der Waals surface area contributed by atoms with Gasteiger partial charge in [-0.05, 0) is 19.3 Å². The first kappa shape index (κ1) is 11.7. The summed E-state index contributed by atoms with van der Waals surface area (Å²) in [6.07, 6.45) is 4.64. The minimum Gasteiger partial charge on any atom is -0.385 e. The van der Waals surface area contributed by atoms with E-state index in [1.165, 1.54) is 12.4 Å². The Balaban J connectivity index is 2.12. The van der Waals surface area contributed by atoms with Gasteiger partial charge in [0.25, 0.3) is 5.56 Å². The Hall–Kier alpha value is -1.36. The summed E-state index contributed by atoms with van der Waals surface area (Å²) in [5.74, 6) is 0.630. The summed E-state index contributed by atoms with van der Waals surface area (Å²) in [5.41, 5.74) is -0.133. The lowest BCUT2D eigenvalue weighted by Crippen LogP contribution is -2.10. The van der Waals surface area contributed by atoms with Gasteiger partial charge in [-0.15, -0.1) is 0 Å². The summed E-state index contributed by atoms with van der Waals surface area (Å²) in [4.78, 5) is 17.4. The molecule has 1 aromatic heterocycles. The maximum Gasteiger partial charge on any atom is 0.252 e. The molecule has 1 aromatic rings. The lowest BCUT2D eigenvalue weighted by atomic mass is 10.2. The molecular weight excluding hydrogens is 194 g/mol. The van der Waals surface area contributed by atoms with Gasteiger partial charge in [-0.25, -0.2) is 4.98 Å². The maximum atomic E-state index is 10.9. The Bertz CT molecular complexity index is 324. The molecule has 0 spiro atoms. The van der Waals surface area contributed by atoms with Gasteiger partial charge in [-0.2, -0.15) is 0 Å². The number of ether oxygens (including phenoxy) is 1. The maximum absolute atomic E-state index is 10.9. The van der Waals surface area contributed by atoms with Crippen molar-refractivity contribution in [3.8, 4) is 0 Å². The SMILES string of the molecule is COCCCCCNc1cc(=O)[nH]cn1. The lowest BCUT2D eigenvalue weighted by Gasteiger charge is -2.04. The molecule has 0 amide bonds. The first-order valence-corrected chi connectivity index (χ1v) is 5.10. The number of aromatic amines is 1. The van der Waals surface area contributed by atoms with Crippen molar-refractivity contribution in [1.82, 2.24) is 9.97 Å². The zero-order valence-corrected chi connectivity index (χ0v) is 8.95. The van der Waals surface area contributed by atoms with Crippen molar-refractivity contribution >= 4 is 5.82 Å². The molecule has 1 heterocycles. The summed E-state index contributed by atoms with van der Waals surface area (Å²) >= 11 is 0. The van der Waals surface area contributed by atoms with Crippen LogP contribution in [-0.2, 0) is 4.74 Å². The number of rotatable bonds is 7. The lowest BCUT2D eigenvalue weighted by molar-refractivity contribution is 0.192. The molecule has 0 aromatic carbocycles. The fraction of sp³-hybridized carbons (Fsp3) is 0.600. The third kappa shape index (κ3) is 5.17. The van der Waals surface area contributed by atoms with Gasteiger partial charge in [0.05, 0.1) is 6.33 Å². The number of anilines is 1. The highest BCUT2D eigenvalue weighted by molar-refractivity contribution is 5.31. The van der Waals surface area contributed by atoms with Crippen LogP contribution in [0.5, 0.6) is 0 Å². The number of nitrogens with one attached hydrogen (secondary N) is 2. The van der Waals surface area contributed by atoms with Crippen LogP contribution in [0.25, 0.3) is 0 Å². The van der Waals surface area contributed by atoms with Crippen molar-refractivity contribution in [3.63, 3.8) is 0 Å². The molecule has 2 N–H and O–H groups in total. The minimum atomic E-state index is -0.133. The highest BCUT2D eigenvalue weighted by Crippen LogP contribution is 1.99. The Morgan fingerprint density at radius 3 is 3.07 bits per heavy atom. The zero-order chi connectivity index (χ0) is 10.9.